The monoisotopic (exact) mass is 757 g/mol. The fourth-order valence-electron chi connectivity index (χ4n) is 9.77. The molecular formula is C57H43NO. The minimum Gasteiger partial charge on any atom is -0.455 e. The van der Waals surface area contributed by atoms with E-state index in [1.165, 1.54) is 66.7 Å². The Labute approximate surface area is 345 Å². The Balaban J connectivity index is 1.04. The van der Waals surface area contributed by atoms with Gasteiger partial charge in [-0.15, -0.1) is 0 Å². The first kappa shape index (κ1) is 35.0. The van der Waals surface area contributed by atoms with Gasteiger partial charge in [0.25, 0.3) is 0 Å². The highest BCUT2D eigenvalue weighted by Gasteiger charge is 2.35. The molecule has 11 rings (SSSR count). The zero-order valence-electron chi connectivity index (χ0n) is 33.8. The van der Waals surface area contributed by atoms with E-state index in [0.717, 1.165) is 49.8 Å². The number of rotatable bonds is 6. The SMILES string of the molecule is Cc1cc(-c2ccccc2)cc(C)c1N(c1ccc(-c2cccc3c2oc2c4ccccc4ccc32)cc1)c1cccc(-c2ccc3c(c2)C(C)(C)c2ccccc2-3)c1. The molecule has 1 aliphatic carbocycles. The van der Waals surface area contributed by atoms with Gasteiger partial charge in [0.2, 0.25) is 0 Å². The Bertz CT molecular complexity index is 3240. The standard InChI is InChI=1S/C57H43NO/c1-36-32-43(38-14-6-5-7-15-38)33-37(2)54(36)58(45-18-12-17-41(34-45)42-27-30-49-48-20-10-11-23-52(48)57(3,4)53(49)35-42)44-28-24-40(25-29-44)47-21-13-22-50-51-31-26-39-16-8-9-19-46(39)56(51)59-55(47)50/h5-35H,1-4H3. The second-order valence-electron chi connectivity index (χ2n) is 16.6. The highest BCUT2D eigenvalue weighted by atomic mass is 16.3. The van der Waals surface area contributed by atoms with E-state index >= 15 is 0 Å². The molecule has 59 heavy (non-hydrogen) atoms. The molecule has 2 nitrogen and oxygen atoms in total. The lowest BCUT2D eigenvalue weighted by atomic mass is 9.81. The number of hydrogen-bond acceptors (Lipinski definition) is 2. The Morgan fingerprint density at radius 2 is 1.02 bits per heavy atom. The van der Waals surface area contributed by atoms with Crippen molar-refractivity contribution in [1.82, 2.24) is 0 Å². The van der Waals surface area contributed by atoms with E-state index in [2.05, 4.69) is 221 Å². The van der Waals surface area contributed by atoms with Crippen LogP contribution in [0.3, 0.4) is 0 Å². The van der Waals surface area contributed by atoms with Crippen LogP contribution in [0.25, 0.3) is 77.2 Å². The number of benzene rings is 9. The summed E-state index contributed by atoms with van der Waals surface area (Å²) in [5.41, 5.74) is 20.1. The van der Waals surface area contributed by atoms with Gasteiger partial charge < -0.3 is 9.32 Å². The fourth-order valence-corrected chi connectivity index (χ4v) is 9.77. The van der Waals surface area contributed by atoms with Gasteiger partial charge >= 0.3 is 0 Å². The Morgan fingerprint density at radius 3 is 1.85 bits per heavy atom. The molecule has 1 aromatic heterocycles. The third kappa shape index (κ3) is 5.62. The van der Waals surface area contributed by atoms with Crippen LogP contribution in [0.2, 0.25) is 0 Å². The van der Waals surface area contributed by atoms with Gasteiger partial charge in [-0.3, -0.25) is 0 Å². The number of hydrogen-bond donors (Lipinski definition) is 0. The van der Waals surface area contributed by atoms with Gasteiger partial charge in [0.1, 0.15) is 11.2 Å². The first-order valence-electron chi connectivity index (χ1n) is 20.6. The summed E-state index contributed by atoms with van der Waals surface area (Å²) in [4.78, 5) is 2.44. The fraction of sp³-hybridized carbons (Fsp3) is 0.0877. The molecule has 0 aliphatic heterocycles. The van der Waals surface area contributed by atoms with Crippen LogP contribution in [0, 0.1) is 13.8 Å². The summed E-state index contributed by atoms with van der Waals surface area (Å²) in [5, 5.41) is 4.60. The van der Waals surface area contributed by atoms with Gasteiger partial charge in [-0.2, -0.15) is 0 Å². The largest absolute Gasteiger partial charge is 0.455 e. The minimum absolute atomic E-state index is 0.0669. The van der Waals surface area contributed by atoms with Crippen LogP contribution in [0.15, 0.2) is 192 Å². The van der Waals surface area contributed by atoms with E-state index in [9.17, 15) is 0 Å². The number of nitrogens with zero attached hydrogens (tertiary/aromatic N) is 1. The highest BCUT2D eigenvalue weighted by Crippen LogP contribution is 2.50. The predicted molar refractivity (Wildman–Crippen MR) is 249 cm³/mol. The molecule has 0 saturated heterocycles. The quantitative estimate of drug-likeness (QED) is 0.168. The Morgan fingerprint density at radius 1 is 0.390 bits per heavy atom. The summed E-state index contributed by atoms with van der Waals surface area (Å²) in [6.45, 7) is 9.19. The van der Waals surface area contributed by atoms with Gasteiger partial charge in [0.15, 0.2) is 0 Å². The maximum Gasteiger partial charge on any atom is 0.143 e. The molecule has 2 heteroatoms. The van der Waals surface area contributed by atoms with Crippen molar-refractivity contribution in [3.05, 3.63) is 210 Å². The molecular weight excluding hydrogens is 715 g/mol. The van der Waals surface area contributed by atoms with Gasteiger partial charge in [0.05, 0.1) is 5.69 Å². The van der Waals surface area contributed by atoms with Gasteiger partial charge in [0, 0.05) is 38.5 Å². The molecule has 0 unspecified atom stereocenters. The number of para-hydroxylation sites is 1. The molecule has 0 bridgehead atoms. The van der Waals surface area contributed by atoms with E-state index in [-0.39, 0.29) is 5.41 Å². The van der Waals surface area contributed by atoms with Gasteiger partial charge in [-0.25, -0.2) is 0 Å². The van der Waals surface area contributed by atoms with Crippen molar-refractivity contribution in [2.24, 2.45) is 0 Å². The van der Waals surface area contributed by atoms with Crippen LogP contribution in [0.4, 0.5) is 17.1 Å². The van der Waals surface area contributed by atoms with Crippen molar-refractivity contribution in [3.63, 3.8) is 0 Å². The van der Waals surface area contributed by atoms with Crippen LogP contribution in [-0.2, 0) is 5.41 Å². The smallest absolute Gasteiger partial charge is 0.143 e. The summed E-state index contributed by atoms with van der Waals surface area (Å²) in [7, 11) is 0. The van der Waals surface area contributed by atoms with Crippen LogP contribution in [0.1, 0.15) is 36.1 Å². The molecule has 0 atom stereocenters. The molecule has 0 spiro atoms. The first-order valence-corrected chi connectivity index (χ1v) is 20.6. The number of furan rings is 1. The molecule has 282 valence electrons. The normalized spacial score (nSPS) is 12.9. The average molecular weight is 758 g/mol. The molecule has 0 N–H and O–H groups in total. The second-order valence-corrected chi connectivity index (χ2v) is 16.6. The zero-order chi connectivity index (χ0) is 39.8. The molecule has 9 aromatic carbocycles. The number of fused-ring (bicyclic) bond motifs is 8. The lowest BCUT2D eigenvalue weighted by Crippen LogP contribution is -2.15. The molecule has 0 radical (unpaired) electrons. The van der Waals surface area contributed by atoms with Crippen LogP contribution in [0.5, 0.6) is 0 Å². The van der Waals surface area contributed by atoms with Crippen molar-refractivity contribution >= 4 is 49.8 Å². The molecule has 0 amide bonds. The van der Waals surface area contributed by atoms with E-state index < -0.39 is 0 Å². The average Bonchev–Trinajstić information content (AvgIpc) is 3.77. The Kier molecular flexibility index (Phi) is 8.00. The first-order chi connectivity index (χ1) is 28.8. The van der Waals surface area contributed by atoms with E-state index in [1.807, 2.05) is 0 Å². The van der Waals surface area contributed by atoms with Crippen molar-refractivity contribution < 1.29 is 4.42 Å². The predicted octanol–water partition coefficient (Wildman–Crippen LogP) is 16.1. The van der Waals surface area contributed by atoms with Crippen LogP contribution in [-0.4, -0.2) is 0 Å². The lowest BCUT2D eigenvalue weighted by Gasteiger charge is -2.30. The minimum atomic E-state index is -0.0669. The van der Waals surface area contributed by atoms with Crippen LogP contribution >= 0.6 is 0 Å². The van der Waals surface area contributed by atoms with Crippen LogP contribution < -0.4 is 4.90 Å². The number of aryl methyl sites for hydroxylation is 2. The van der Waals surface area contributed by atoms with E-state index in [0.29, 0.717) is 0 Å². The second kappa shape index (κ2) is 13.5. The van der Waals surface area contributed by atoms with Crippen molar-refractivity contribution in [3.8, 4) is 44.5 Å². The third-order valence-electron chi connectivity index (χ3n) is 12.7. The summed E-state index contributed by atoms with van der Waals surface area (Å²) in [5.74, 6) is 0. The molecule has 0 fully saturated rings. The summed E-state index contributed by atoms with van der Waals surface area (Å²) >= 11 is 0. The molecule has 1 aliphatic rings. The van der Waals surface area contributed by atoms with Crippen molar-refractivity contribution in [1.29, 1.82) is 0 Å². The Hall–Kier alpha value is -7.16. The summed E-state index contributed by atoms with van der Waals surface area (Å²) in [6.07, 6.45) is 0. The van der Waals surface area contributed by atoms with Gasteiger partial charge in [-0.05, 0) is 129 Å². The maximum absolute atomic E-state index is 6.75. The van der Waals surface area contributed by atoms with Crippen molar-refractivity contribution in [2.75, 3.05) is 4.90 Å². The summed E-state index contributed by atoms with van der Waals surface area (Å²) < 4.78 is 6.75. The molecule has 1 heterocycles. The zero-order valence-corrected chi connectivity index (χ0v) is 33.8. The molecule has 10 aromatic rings. The van der Waals surface area contributed by atoms with E-state index in [1.54, 1.807) is 0 Å². The highest BCUT2D eigenvalue weighted by molar-refractivity contribution is 6.17. The van der Waals surface area contributed by atoms with E-state index in [4.69, 9.17) is 4.42 Å². The lowest BCUT2D eigenvalue weighted by molar-refractivity contribution is 0.660. The molecule has 0 saturated carbocycles. The topological polar surface area (TPSA) is 16.4 Å². The van der Waals surface area contributed by atoms with Crippen molar-refractivity contribution in [2.45, 2.75) is 33.1 Å². The maximum atomic E-state index is 6.75. The number of anilines is 3. The third-order valence-corrected chi connectivity index (χ3v) is 12.7. The van der Waals surface area contributed by atoms with Gasteiger partial charge in [-0.1, -0.05) is 153 Å². The summed E-state index contributed by atoms with van der Waals surface area (Å²) in [6, 6.07) is 68.6.